The molecule has 0 atom stereocenters. The number of nitrogens with zero attached hydrogens (tertiary/aromatic N) is 3. The molecule has 0 saturated heterocycles. The minimum Gasteiger partial charge on any atom is -0.444 e. The molecular weight excluding hydrogens is 190 g/mol. The Morgan fingerprint density at radius 3 is 2.73 bits per heavy atom. The Labute approximate surface area is 86.0 Å². The van der Waals surface area contributed by atoms with Crippen molar-refractivity contribution < 1.29 is 4.42 Å². The zero-order valence-electron chi connectivity index (χ0n) is 7.56. The fourth-order valence-corrected chi connectivity index (χ4v) is 1.26. The Morgan fingerprint density at radius 2 is 2.13 bits per heavy atom. The van der Waals surface area contributed by atoms with E-state index in [1.54, 1.807) is 18.2 Å². The lowest BCUT2D eigenvalue weighted by atomic mass is 10.0. The first kappa shape index (κ1) is 8.98. The number of oxazole rings is 1. The number of rotatable bonds is 1. The molecule has 15 heavy (non-hydrogen) atoms. The Balaban J connectivity index is 2.70. The van der Waals surface area contributed by atoms with Crippen LogP contribution in [-0.2, 0) is 0 Å². The van der Waals surface area contributed by atoms with Gasteiger partial charge >= 0.3 is 0 Å². The Kier molecular flexibility index (Phi) is 2.19. The van der Waals surface area contributed by atoms with Crippen LogP contribution >= 0.6 is 0 Å². The molecule has 0 spiro atoms. The van der Waals surface area contributed by atoms with E-state index in [2.05, 4.69) is 11.2 Å². The molecule has 0 bridgehead atoms. The molecule has 4 nitrogen and oxygen atoms in total. The Hall–Kier alpha value is -2.59. The van der Waals surface area contributed by atoms with E-state index in [4.69, 9.17) is 14.9 Å². The highest BCUT2D eigenvalue weighted by Crippen LogP contribution is 2.23. The van der Waals surface area contributed by atoms with Gasteiger partial charge in [0.2, 0.25) is 5.89 Å². The first-order chi connectivity index (χ1) is 7.36. The maximum Gasteiger partial charge on any atom is 0.227 e. The van der Waals surface area contributed by atoms with Crippen molar-refractivity contribution in [3.8, 4) is 23.6 Å². The van der Waals surface area contributed by atoms with Gasteiger partial charge in [-0.3, -0.25) is 0 Å². The van der Waals surface area contributed by atoms with Crippen molar-refractivity contribution in [2.24, 2.45) is 0 Å². The molecule has 0 aliphatic rings. The van der Waals surface area contributed by atoms with Gasteiger partial charge in [-0.25, -0.2) is 4.98 Å². The largest absolute Gasteiger partial charge is 0.444 e. The van der Waals surface area contributed by atoms with Gasteiger partial charge in [-0.05, 0) is 12.1 Å². The van der Waals surface area contributed by atoms with Crippen LogP contribution in [-0.4, -0.2) is 4.98 Å². The molecule has 1 aromatic heterocycles. The van der Waals surface area contributed by atoms with E-state index in [1.807, 2.05) is 12.1 Å². The average molecular weight is 194 g/mol. The van der Waals surface area contributed by atoms with Gasteiger partial charge in [-0.15, -0.1) is 0 Å². The monoisotopic (exact) mass is 194 g/mol. The lowest BCUT2D eigenvalue weighted by Gasteiger charge is -1.99. The number of hydrogen-bond acceptors (Lipinski definition) is 4. The first-order valence-electron chi connectivity index (χ1n) is 4.12. The summed E-state index contributed by atoms with van der Waals surface area (Å²) < 4.78 is 5.03. The summed E-state index contributed by atoms with van der Waals surface area (Å²) in [4.78, 5) is 3.82. The van der Waals surface area contributed by atoms with Gasteiger partial charge in [0, 0.05) is 0 Å². The molecule has 69 valence electrons. The molecule has 0 unspecified atom stereocenters. The van der Waals surface area contributed by atoms with Gasteiger partial charge in [0.05, 0.1) is 16.7 Å². The van der Waals surface area contributed by atoms with Crippen molar-refractivity contribution in [1.82, 2.24) is 4.98 Å². The predicted molar refractivity (Wildman–Crippen MR) is 50.2 cm³/mol. The van der Waals surface area contributed by atoms with Crippen LogP contribution in [0.4, 0.5) is 0 Å². The van der Waals surface area contributed by atoms with Gasteiger partial charge in [0.25, 0.3) is 0 Å². The van der Waals surface area contributed by atoms with Crippen LogP contribution in [0.5, 0.6) is 0 Å². The summed E-state index contributed by atoms with van der Waals surface area (Å²) in [5, 5.41) is 17.8. The van der Waals surface area contributed by atoms with Crippen molar-refractivity contribution in [3.63, 3.8) is 0 Å². The molecule has 0 aliphatic heterocycles. The highest BCUT2D eigenvalue weighted by molar-refractivity contribution is 5.67. The molecule has 2 rings (SSSR count). The Morgan fingerprint density at radius 1 is 1.27 bits per heavy atom. The van der Waals surface area contributed by atoms with Crippen molar-refractivity contribution in [2.75, 3.05) is 0 Å². The second-order valence-corrected chi connectivity index (χ2v) is 2.73. The van der Waals surface area contributed by atoms with E-state index >= 15 is 0 Å². The molecule has 0 fully saturated rings. The van der Waals surface area contributed by atoms with Gasteiger partial charge in [0.1, 0.15) is 24.6 Å². The summed E-state index contributed by atoms with van der Waals surface area (Å²) in [6.45, 7) is 0. The van der Waals surface area contributed by atoms with Crippen LogP contribution < -0.4 is 0 Å². The number of aromatic nitrogens is 1. The molecular formula is C11H4N3O. The highest BCUT2D eigenvalue weighted by Gasteiger charge is 2.12. The topological polar surface area (TPSA) is 73.6 Å². The summed E-state index contributed by atoms with van der Waals surface area (Å²) in [5.74, 6) is 0.295. The highest BCUT2D eigenvalue weighted by atomic mass is 16.3. The summed E-state index contributed by atoms with van der Waals surface area (Å²) in [6, 6.07) is 8.85. The van der Waals surface area contributed by atoms with E-state index in [9.17, 15) is 0 Å². The van der Waals surface area contributed by atoms with Crippen molar-refractivity contribution in [1.29, 1.82) is 10.5 Å². The number of hydrogen-bond donors (Lipinski definition) is 0. The molecule has 0 N–H and O–H groups in total. The van der Waals surface area contributed by atoms with Crippen LogP contribution in [0.3, 0.4) is 0 Å². The fraction of sp³-hybridized carbons (Fsp3) is 0. The van der Waals surface area contributed by atoms with Gasteiger partial charge in [0.15, 0.2) is 0 Å². The average Bonchev–Trinajstić information content (AvgIpc) is 2.81. The van der Waals surface area contributed by atoms with Crippen molar-refractivity contribution in [2.45, 2.75) is 0 Å². The van der Waals surface area contributed by atoms with E-state index in [0.717, 1.165) is 0 Å². The number of nitriles is 2. The van der Waals surface area contributed by atoms with E-state index in [1.165, 1.54) is 6.26 Å². The molecule has 1 heterocycles. The lowest BCUT2D eigenvalue weighted by molar-refractivity contribution is 0.574. The molecule has 1 aromatic carbocycles. The van der Waals surface area contributed by atoms with Crippen LogP contribution in [0, 0.1) is 28.9 Å². The zero-order chi connectivity index (χ0) is 10.7. The van der Waals surface area contributed by atoms with Gasteiger partial charge in [-0.1, -0.05) is 6.07 Å². The maximum absolute atomic E-state index is 8.95. The summed E-state index contributed by atoms with van der Waals surface area (Å²) in [7, 11) is 0. The quantitative estimate of drug-likeness (QED) is 0.694. The van der Waals surface area contributed by atoms with Gasteiger partial charge < -0.3 is 4.42 Å². The van der Waals surface area contributed by atoms with E-state index < -0.39 is 0 Å². The smallest absolute Gasteiger partial charge is 0.227 e. The van der Waals surface area contributed by atoms with E-state index in [0.29, 0.717) is 17.0 Å². The third-order valence-electron chi connectivity index (χ3n) is 1.92. The molecule has 4 heteroatoms. The third-order valence-corrected chi connectivity index (χ3v) is 1.92. The second-order valence-electron chi connectivity index (χ2n) is 2.73. The van der Waals surface area contributed by atoms with E-state index in [-0.39, 0.29) is 5.56 Å². The standard InChI is InChI=1S/C11H4N3O/c12-6-8-2-1-3-9(10(8)7-13)11-14-4-5-15-11/h1-3,5H. The van der Waals surface area contributed by atoms with Crippen LogP contribution in [0.15, 0.2) is 28.9 Å². The maximum atomic E-state index is 8.95. The first-order valence-corrected chi connectivity index (χ1v) is 4.12. The lowest BCUT2D eigenvalue weighted by Crippen LogP contribution is -1.88. The molecule has 0 aliphatic carbocycles. The number of benzene rings is 1. The summed E-state index contributed by atoms with van der Waals surface area (Å²) in [5.41, 5.74) is 1.10. The van der Waals surface area contributed by atoms with Crippen LogP contribution in [0.25, 0.3) is 11.5 Å². The molecule has 0 amide bonds. The van der Waals surface area contributed by atoms with Crippen molar-refractivity contribution >= 4 is 0 Å². The summed E-state index contributed by atoms with van der Waals surface area (Å²) >= 11 is 0. The normalized spacial score (nSPS) is 9.20. The molecule has 1 radical (unpaired) electrons. The third kappa shape index (κ3) is 1.45. The fourth-order valence-electron chi connectivity index (χ4n) is 1.26. The second kappa shape index (κ2) is 3.65. The van der Waals surface area contributed by atoms with Crippen LogP contribution in [0.2, 0.25) is 0 Å². The zero-order valence-corrected chi connectivity index (χ0v) is 7.56. The molecule has 0 saturated carbocycles. The van der Waals surface area contributed by atoms with Crippen molar-refractivity contribution in [3.05, 3.63) is 41.8 Å². The predicted octanol–water partition coefficient (Wildman–Crippen LogP) is 1.89. The molecule has 2 aromatic rings. The minimum atomic E-state index is 0.274. The Bertz CT molecular complexity index is 559. The SMILES string of the molecule is N#Cc1cccc(-c2n[c]co2)c1C#N. The minimum absolute atomic E-state index is 0.274. The van der Waals surface area contributed by atoms with Gasteiger partial charge in [-0.2, -0.15) is 10.5 Å². The van der Waals surface area contributed by atoms with Crippen LogP contribution in [0.1, 0.15) is 11.1 Å². The summed E-state index contributed by atoms with van der Waals surface area (Å²) in [6.07, 6.45) is 3.81.